The minimum absolute atomic E-state index is 0.0660. The van der Waals surface area contributed by atoms with Gasteiger partial charge in [-0.05, 0) is 29.2 Å². The number of nitrogens with zero attached hydrogens (tertiary/aromatic N) is 2. The van der Waals surface area contributed by atoms with Gasteiger partial charge in [-0.1, -0.05) is 48.5 Å². The van der Waals surface area contributed by atoms with Crippen molar-refractivity contribution < 1.29 is 19.4 Å². The Bertz CT molecular complexity index is 1060. The first-order valence-electron chi connectivity index (χ1n) is 9.71. The number of imidazole rings is 1. The standard InChI is InChI=1S/C23H23N3O4/c1-23(11-21(27)28,20-12-26(2)14-24-20)25-22(29)30-13-19-17-9-5-3-7-15(17)16-8-4-6-10-18(16)19/h3-10,12,14,19H,11,13H2,1-2H3,(H,25,29)(H,27,28). The van der Waals surface area contributed by atoms with Crippen LogP contribution in [-0.2, 0) is 22.1 Å². The van der Waals surface area contributed by atoms with Crippen molar-refractivity contribution in [3.8, 4) is 11.1 Å². The molecular weight excluding hydrogens is 382 g/mol. The number of aryl methyl sites for hydroxylation is 1. The number of carbonyl (C=O) groups excluding carboxylic acids is 1. The van der Waals surface area contributed by atoms with E-state index in [9.17, 15) is 14.7 Å². The Hall–Kier alpha value is -3.61. The number of benzene rings is 2. The molecule has 2 aromatic carbocycles. The lowest BCUT2D eigenvalue weighted by Crippen LogP contribution is -2.45. The van der Waals surface area contributed by atoms with Crippen LogP contribution in [0.4, 0.5) is 4.79 Å². The summed E-state index contributed by atoms with van der Waals surface area (Å²) in [6.07, 6.45) is 2.27. The number of carbonyl (C=O) groups is 2. The average molecular weight is 405 g/mol. The quantitative estimate of drug-likeness (QED) is 0.653. The van der Waals surface area contributed by atoms with Gasteiger partial charge in [0.2, 0.25) is 0 Å². The van der Waals surface area contributed by atoms with E-state index in [1.807, 2.05) is 36.4 Å². The van der Waals surface area contributed by atoms with Crippen LogP contribution in [0.2, 0.25) is 0 Å². The fourth-order valence-corrected chi connectivity index (χ4v) is 4.06. The van der Waals surface area contributed by atoms with E-state index >= 15 is 0 Å². The first-order valence-corrected chi connectivity index (χ1v) is 9.71. The molecule has 30 heavy (non-hydrogen) atoms. The number of hydrogen-bond acceptors (Lipinski definition) is 4. The van der Waals surface area contributed by atoms with E-state index in [-0.39, 0.29) is 18.9 Å². The maximum atomic E-state index is 12.6. The van der Waals surface area contributed by atoms with Crippen LogP contribution in [0.25, 0.3) is 11.1 Å². The highest BCUT2D eigenvalue weighted by atomic mass is 16.5. The van der Waals surface area contributed by atoms with Crippen LogP contribution in [0.1, 0.15) is 36.1 Å². The Morgan fingerprint density at radius 3 is 2.27 bits per heavy atom. The monoisotopic (exact) mass is 405 g/mol. The van der Waals surface area contributed by atoms with Gasteiger partial charge in [0, 0.05) is 19.2 Å². The average Bonchev–Trinajstić information content (AvgIpc) is 3.28. The first-order chi connectivity index (χ1) is 14.4. The highest BCUT2D eigenvalue weighted by Crippen LogP contribution is 2.44. The molecule has 7 nitrogen and oxygen atoms in total. The second kappa shape index (κ2) is 7.67. The molecule has 7 heteroatoms. The minimum Gasteiger partial charge on any atom is -0.481 e. The van der Waals surface area contributed by atoms with Crippen LogP contribution in [0.15, 0.2) is 61.1 Å². The number of rotatable bonds is 6. The van der Waals surface area contributed by atoms with Crippen molar-refractivity contribution in [2.75, 3.05) is 6.61 Å². The summed E-state index contributed by atoms with van der Waals surface area (Å²) in [6, 6.07) is 16.2. The molecule has 1 amide bonds. The summed E-state index contributed by atoms with van der Waals surface area (Å²) in [5.41, 5.74) is 3.79. The largest absolute Gasteiger partial charge is 0.481 e. The summed E-state index contributed by atoms with van der Waals surface area (Å²) < 4.78 is 7.27. The van der Waals surface area contributed by atoms with Gasteiger partial charge in [-0.3, -0.25) is 4.79 Å². The summed E-state index contributed by atoms with van der Waals surface area (Å²) in [5.74, 6) is -1.11. The number of fused-ring (bicyclic) bond motifs is 3. The zero-order valence-electron chi connectivity index (χ0n) is 16.8. The van der Waals surface area contributed by atoms with Gasteiger partial charge in [0.25, 0.3) is 0 Å². The number of nitrogens with one attached hydrogen (secondary N) is 1. The summed E-state index contributed by atoms with van der Waals surface area (Å²) >= 11 is 0. The molecule has 1 heterocycles. The van der Waals surface area contributed by atoms with Crippen LogP contribution in [0.3, 0.4) is 0 Å². The third-order valence-corrected chi connectivity index (χ3v) is 5.50. The molecule has 0 saturated carbocycles. The van der Waals surface area contributed by atoms with Crippen LogP contribution in [-0.4, -0.2) is 33.3 Å². The lowest BCUT2D eigenvalue weighted by atomic mass is 9.94. The Balaban J connectivity index is 1.51. The van der Waals surface area contributed by atoms with Gasteiger partial charge in [0.05, 0.1) is 24.0 Å². The van der Waals surface area contributed by atoms with E-state index in [1.165, 1.54) is 0 Å². The summed E-state index contributed by atoms with van der Waals surface area (Å²) in [6.45, 7) is 1.79. The van der Waals surface area contributed by atoms with Gasteiger partial charge in [0.1, 0.15) is 6.61 Å². The molecule has 1 aromatic heterocycles. The second-order valence-corrected chi connectivity index (χ2v) is 7.78. The van der Waals surface area contributed by atoms with E-state index < -0.39 is 17.6 Å². The second-order valence-electron chi connectivity index (χ2n) is 7.78. The maximum absolute atomic E-state index is 12.6. The first kappa shape index (κ1) is 19.7. The Kier molecular flexibility index (Phi) is 5.03. The lowest BCUT2D eigenvalue weighted by molar-refractivity contribution is -0.138. The number of carboxylic acids is 1. The molecule has 0 bridgehead atoms. The zero-order chi connectivity index (χ0) is 21.3. The zero-order valence-corrected chi connectivity index (χ0v) is 16.8. The fraction of sp³-hybridized carbons (Fsp3) is 0.261. The molecule has 1 aliphatic rings. The van der Waals surface area contributed by atoms with E-state index in [2.05, 4.69) is 22.4 Å². The molecule has 0 spiro atoms. The van der Waals surface area contributed by atoms with Crippen LogP contribution < -0.4 is 5.32 Å². The minimum atomic E-state index is -1.18. The van der Waals surface area contributed by atoms with Crippen LogP contribution >= 0.6 is 0 Å². The predicted octanol–water partition coefficient (Wildman–Crippen LogP) is 3.65. The molecule has 0 radical (unpaired) electrons. The maximum Gasteiger partial charge on any atom is 0.407 e. The molecule has 0 fully saturated rings. The van der Waals surface area contributed by atoms with Crippen LogP contribution in [0.5, 0.6) is 0 Å². The number of ether oxygens (including phenoxy) is 1. The van der Waals surface area contributed by atoms with E-state index in [1.54, 1.807) is 31.1 Å². The number of aromatic nitrogens is 2. The molecule has 154 valence electrons. The van der Waals surface area contributed by atoms with Gasteiger partial charge in [-0.2, -0.15) is 0 Å². The molecular formula is C23H23N3O4. The molecule has 0 saturated heterocycles. The predicted molar refractivity (Wildman–Crippen MR) is 111 cm³/mol. The van der Waals surface area contributed by atoms with Crippen molar-refractivity contribution in [3.63, 3.8) is 0 Å². The van der Waals surface area contributed by atoms with Gasteiger partial charge in [-0.25, -0.2) is 9.78 Å². The summed E-state index contributed by atoms with van der Waals surface area (Å²) in [7, 11) is 1.78. The van der Waals surface area contributed by atoms with Crippen molar-refractivity contribution in [1.82, 2.24) is 14.9 Å². The Morgan fingerprint density at radius 1 is 1.13 bits per heavy atom. The van der Waals surface area contributed by atoms with Crippen molar-refractivity contribution in [2.24, 2.45) is 7.05 Å². The van der Waals surface area contributed by atoms with E-state index in [4.69, 9.17) is 4.74 Å². The van der Waals surface area contributed by atoms with Gasteiger partial charge >= 0.3 is 12.1 Å². The lowest BCUT2D eigenvalue weighted by Gasteiger charge is -2.27. The number of hydrogen-bond donors (Lipinski definition) is 2. The van der Waals surface area contributed by atoms with Crippen LogP contribution in [0, 0.1) is 0 Å². The molecule has 4 rings (SSSR count). The Morgan fingerprint density at radius 2 is 1.73 bits per heavy atom. The highest BCUT2D eigenvalue weighted by molar-refractivity contribution is 5.79. The highest BCUT2D eigenvalue weighted by Gasteiger charge is 2.35. The topological polar surface area (TPSA) is 93.5 Å². The number of alkyl carbamates (subject to hydrolysis) is 1. The third kappa shape index (κ3) is 3.66. The van der Waals surface area contributed by atoms with E-state index in [0.29, 0.717) is 5.69 Å². The van der Waals surface area contributed by atoms with E-state index in [0.717, 1.165) is 22.3 Å². The van der Waals surface area contributed by atoms with Crippen molar-refractivity contribution in [1.29, 1.82) is 0 Å². The van der Waals surface area contributed by atoms with Crippen molar-refractivity contribution in [3.05, 3.63) is 77.9 Å². The van der Waals surface area contributed by atoms with Crippen molar-refractivity contribution >= 4 is 12.1 Å². The van der Waals surface area contributed by atoms with Gasteiger partial charge in [0.15, 0.2) is 0 Å². The molecule has 1 atom stereocenters. The molecule has 0 aliphatic heterocycles. The van der Waals surface area contributed by atoms with Gasteiger partial charge in [-0.15, -0.1) is 0 Å². The molecule has 1 unspecified atom stereocenters. The third-order valence-electron chi connectivity index (χ3n) is 5.50. The number of amides is 1. The molecule has 1 aliphatic carbocycles. The normalized spacial score (nSPS) is 14.5. The SMILES string of the molecule is Cn1cnc(C(C)(CC(=O)O)NC(=O)OCC2c3ccccc3-c3ccccc32)c1. The Labute approximate surface area is 174 Å². The number of carboxylic acid groups (broad SMARTS) is 1. The summed E-state index contributed by atoms with van der Waals surface area (Å²) in [5, 5.41) is 12.0. The number of aliphatic carboxylic acids is 1. The van der Waals surface area contributed by atoms with Crippen molar-refractivity contribution in [2.45, 2.75) is 24.8 Å². The van der Waals surface area contributed by atoms with Gasteiger partial charge < -0.3 is 19.7 Å². The molecule has 2 N–H and O–H groups in total. The summed E-state index contributed by atoms with van der Waals surface area (Å²) in [4.78, 5) is 28.3. The molecule has 3 aromatic rings. The smallest absolute Gasteiger partial charge is 0.407 e. The fourth-order valence-electron chi connectivity index (χ4n) is 4.06.